The van der Waals surface area contributed by atoms with Crippen LogP contribution in [-0.4, -0.2) is 7.11 Å². The zero-order valence-corrected chi connectivity index (χ0v) is 12.6. The highest BCUT2D eigenvalue weighted by Crippen LogP contribution is 2.35. The van der Waals surface area contributed by atoms with E-state index < -0.39 is 0 Å². The van der Waals surface area contributed by atoms with Crippen LogP contribution < -0.4 is 4.74 Å². The third-order valence-electron chi connectivity index (χ3n) is 2.80. The maximum absolute atomic E-state index is 6.15. The van der Waals surface area contributed by atoms with Crippen molar-refractivity contribution in [2.24, 2.45) is 0 Å². The fraction of sp³-hybridized carbons (Fsp3) is 0.200. The lowest BCUT2D eigenvalue weighted by molar-refractivity contribution is 0.415. The van der Waals surface area contributed by atoms with E-state index in [2.05, 4.69) is 47.1 Å². The van der Waals surface area contributed by atoms with Crippen LogP contribution in [0.4, 0.5) is 0 Å². The Morgan fingerprint density at radius 2 is 1.83 bits per heavy atom. The van der Waals surface area contributed by atoms with Crippen LogP contribution in [0, 0.1) is 6.92 Å². The lowest BCUT2D eigenvalue weighted by atomic mass is 10.0. The van der Waals surface area contributed by atoms with Crippen LogP contribution in [0.15, 0.2) is 42.5 Å². The molecule has 1 nitrogen and oxygen atoms in total. The monoisotopic (exact) mass is 324 g/mol. The Hall–Kier alpha value is -0.990. The van der Waals surface area contributed by atoms with E-state index in [1.165, 1.54) is 11.1 Å². The summed E-state index contributed by atoms with van der Waals surface area (Å²) >= 11 is 9.86. The van der Waals surface area contributed by atoms with Gasteiger partial charge in [-0.15, -0.1) is 0 Å². The first-order valence-corrected chi connectivity index (χ1v) is 6.95. The van der Waals surface area contributed by atoms with E-state index in [4.69, 9.17) is 16.3 Å². The second-order valence-corrected chi connectivity index (χ2v) is 5.49. The first-order valence-electron chi connectivity index (χ1n) is 5.66. The average molecular weight is 326 g/mol. The Labute approximate surface area is 121 Å². The lowest BCUT2D eigenvalue weighted by Crippen LogP contribution is -1.94. The van der Waals surface area contributed by atoms with Crippen molar-refractivity contribution in [3.63, 3.8) is 0 Å². The summed E-state index contributed by atoms with van der Waals surface area (Å²) in [5, 5.41) is 0.632. The van der Waals surface area contributed by atoms with Crippen molar-refractivity contribution in [2.45, 2.75) is 11.8 Å². The predicted octanol–water partition coefficient (Wildman–Crippen LogP) is 5.14. The van der Waals surface area contributed by atoms with Gasteiger partial charge in [-0.05, 0) is 30.2 Å². The summed E-state index contributed by atoms with van der Waals surface area (Å²) in [7, 11) is 1.62. The highest BCUT2D eigenvalue weighted by Gasteiger charge is 2.12. The molecule has 0 bridgehead atoms. The summed E-state index contributed by atoms with van der Waals surface area (Å²) in [5.74, 6) is 0.698. The highest BCUT2D eigenvalue weighted by atomic mass is 79.9. The molecule has 2 rings (SSSR count). The van der Waals surface area contributed by atoms with Gasteiger partial charge in [0.25, 0.3) is 0 Å². The Balaban J connectivity index is 2.34. The molecule has 18 heavy (non-hydrogen) atoms. The number of methoxy groups -OCH3 is 1. The fourth-order valence-electron chi connectivity index (χ4n) is 1.86. The number of hydrogen-bond acceptors (Lipinski definition) is 1. The molecule has 0 radical (unpaired) electrons. The highest BCUT2D eigenvalue weighted by molar-refractivity contribution is 9.09. The Bertz CT molecular complexity index is 554. The number of rotatable bonds is 3. The van der Waals surface area contributed by atoms with Crippen molar-refractivity contribution in [1.82, 2.24) is 0 Å². The molecule has 0 spiro atoms. The van der Waals surface area contributed by atoms with Gasteiger partial charge in [0.1, 0.15) is 5.75 Å². The topological polar surface area (TPSA) is 9.23 Å². The summed E-state index contributed by atoms with van der Waals surface area (Å²) < 4.78 is 5.16. The molecule has 1 unspecified atom stereocenters. The third-order valence-corrected chi connectivity index (χ3v) is 4.16. The Kier molecular flexibility index (Phi) is 4.31. The molecular weight excluding hydrogens is 312 g/mol. The molecule has 0 saturated carbocycles. The Morgan fingerprint density at radius 1 is 1.11 bits per heavy atom. The zero-order chi connectivity index (χ0) is 13.1. The van der Waals surface area contributed by atoms with Gasteiger partial charge in [0.05, 0.1) is 17.0 Å². The van der Waals surface area contributed by atoms with Crippen molar-refractivity contribution in [3.05, 3.63) is 64.2 Å². The van der Waals surface area contributed by atoms with E-state index in [0.29, 0.717) is 10.8 Å². The van der Waals surface area contributed by atoms with Crippen molar-refractivity contribution in [2.75, 3.05) is 7.11 Å². The molecule has 2 aromatic rings. The van der Waals surface area contributed by atoms with Gasteiger partial charge in [0, 0.05) is 0 Å². The molecule has 0 amide bonds. The molecule has 94 valence electrons. The van der Waals surface area contributed by atoms with Gasteiger partial charge >= 0.3 is 0 Å². The standard InChI is InChI=1S/C15H14BrClO/c1-10-4-3-5-11(8-10)15(16)12-6-7-14(18-2)13(17)9-12/h3-9,15H,1-2H3. The van der Waals surface area contributed by atoms with E-state index in [0.717, 1.165) is 5.56 Å². The van der Waals surface area contributed by atoms with Crippen molar-refractivity contribution >= 4 is 27.5 Å². The van der Waals surface area contributed by atoms with Gasteiger partial charge in [0.15, 0.2) is 0 Å². The van der Waals surface area contributed by atoms with Crippen LogP contribution >= 0.6 is 27.5 Å². The molecule has 0 N–H and O–H groups in total. The summed E-state index contributed by atoms with van der Waals surface area (Å²) in [6.07, 6.45) is 0. The smallest absolute Gasteiger partial charge is 0.137 e. The van der Waals surface area contributed by atoms with Crippen LogP contribution in [-0.2, 0) is 0 Å². The predicted molar refractivity (Wildman–Crippen MR) is 80.0 cm³/mol. The van der Waals surface area contributed by atoms with Crippen molar-refractivity contribution in [1.29, 1.82) is 0 Å². The molecule has 0 aliphatic rings. The average Bonchev–Trinajstić information content (AvgIpc) is 2.37. The zero-order valence-electron chi connectivity index (χ0n) is 10.3. The van der Waals surface area contributed by atoms with Crippen LogP contribution in [0.5, 0.6) is 5.75 Å². The molecule has 0 saturated heterocycles. The molecule has 3 heteroatoms. The number of hydrogen-bond donors (Lipinski definition) is 0. The molecule has 0 fully saturated rings. The van der Waals surface area contributed by atoms with Crippen molar-refractivity contribution < 1.29 is 4.74 Å². The summed E-state index contributed by atoms with van der Waals surface area (Å²) in [4.78, 5) is 0.140. The quantitative estimate of drug-likeness (QED) is 0.710. The first kappa shape index (κ1) is 13.4. The van der Waals surface area contributed by atoms with Gasteiger partial charge in [-0.1, -0.05) is 63.4 Å². The molecule has 1 atom stereocenters. The van der Waals surface area contributed by atoms with Crippen molar-refractivity contribution in [3.8, 4) is 5.75 Å². The van der Waals surface area contributed by atoms with Gasteiger partial charge in [-0.2, -0.15) is 0 Å². The van der Waals surface area contributed by atoms with Crippen LogP contribution in [0.1, 0.15) is 21.5 Å². The molecular formula is C15H14BrClO. The first-order chi connectivity index (χ1) is 8.61. The third kappa shape index (κ3) is 2.88. The summed E-state index contributed by atoms with van der Waals surface area (Å²) in [5.41, 5.74) is 3.58. The van der Waals surface area contributed by atoms with E-state index in [9.17, 15) is 0 Å². The fourth-order valence-corrected chi connectivity index (χ4v) is 2.70. The van der Waals surface area contributed by atoms with E-state index in [1.54, 1.807) is 7.11 Å². The number of ether oxygens (including phenoxy) is 1. The maximum atomic E-state index is 6.15. The van der Waals surface area contributed by atoms with Crippen LogP contribution in [0.3, 0.4) is 0 Å². The van der Waals surface area contributed by atoms with Gasteiger partial charge in [0.2, 0.25) is 0 Å². The molecule has 0 heterocycles. The van der Waals surface area contributed by atoms with Gasteiger partial charge in [-0.25, -0.2) is 0 Å². The number of alkyl halides is 1. The SMILES string of the molecule is COc1ccc(C(Br)c2cccc(C)c2)cc1Cl. The van der Waals surface area contributed by atoms with E-state index in [1.807, 2.05) is 18.2 Å². The number of aryl methyl sites for hydroxylation is 1. The normalized spacial score (nSPS) is 12.2. The molecule has 0 aliphatic heterocycles. The maximum Gasteiger partial charge on any atom is 0.137 e. The summed E-state index contributed by atoms with van der Waals surface area (Å²) in [6, 6.07) is 14.3. The van der Waals surface area contributed by atoms with Crippen LogP contribution in [0.25, 0.3) is 0 Å². The minimum atomic E-state index is 0.140. The minimum Gasteiger partial charge on any atom is -0.495 e. The Morgan fingerprint density at radius 3 is 2.44 bits per heavy atom. The number of benzene rings is 2. The molecule has 2 aromatic carbocycles. The second-order valence-electron chi connectivity index (χ2n) is 4.17. The van der Waals surface area contributed by atoms with E-state index >= 15 is 0 Å². The van der Waals surface area contributed by atoms with Crippen LogP contribution in [0.2, 0.25) is 5.02 Å². The summed E-state index contributed by atoms with van der Waals surface area (Å²) in [6.45, 7) is 2.09. The van der Waals surface area contributed by atoms with Gasteiger partial charge < -0.3 is 4.74 Å². The minimum absolute atomic E-state index is 0.140. The molecule has 0 aromatic heterocycles. The largest absolute Gasteiger partial charge is 0.495 e. The molecule has 0 aliphatic carbocycles. The number of halogens is 2. The van der Waals surface area contributed by atoms with E-state index in [-0.39, 0.29) is 4.83 Å². The van der Waals surface area contributed by atoms with Gasteiger partial charge in [-0.3, -0.25) is 0 Å². The lowest BCUT2D eigenvalue weighted by Gasteiger charge is -2.13. The second kappa shape index (κ2) is 5.77.